The predicted molar refractivity (Wildman–Crippen MR) is 119 cm³/mol. The Morgan fingerprint density at radius 2 is 1.56 bits per heavy atom. The maximum Gasteiger partial charge on any atom is 0.279 e. The van der Waals surface area contributed by atoms with Crippen molar-refractivity contribution in [3.63, 3.8) is 0 Å². The molecular formula is C24H18N4O4. The first-order chi connectivity index (χ1) is 15.5. The van der Waals surface area contributed by atoms with Crippen LogP contribution >= 0.6 is 0 Å². The highest BCUT2D eigenvalue weighted by Crippen LogP contribution is 2.34. The molecule has 1 atom stereocenters. The second-order valence-corrected chi connectivity index (χ2v) is 7.34. The quantitative estimate of drug-likeness (QED) is 0.541. The molecule has 0 saturated carbocycles. The van der Waals surface area contributed by atoms with Crippen LogP contribution in [0.15, 0.2) is 83.7 Å². The van der Waals surface area contributed by atoms with Gasteiger partial charge in [-0.1, -0.05) is 48.5 Å². The van der Waals surface area contributed by atoms with E-state index in [0.29, 0.717) is 27.9 Å². The molecule has 0 saturated heterocycles. The van der Waals surface area contributed by atoms with Crippen LogP contribution in [-0.4, -0.2) is 34.2 Å². The van der Waals surface area contributed by atoms with Crippen molar-refractivity contribution in [2.24, 2.45) is 5.73 Å². The molecule has 1 unspecified atom stereocenters. The Morgan fingerprint density at radius 3 is 2.31 bits per heavy atom. The number of benzene rings is 3. The van der Waals surface area contributed by atoms with E-state index in [1.54, 1.807) is 72.8 Å². The first-order valence-corrected chi connectivity index (χ1v) is 9.99. The van der Waals surface area contributed by atoms with E-state index < -0.39 is 17.9 Å². The van der Waals surface area contributed by atoms with E-state index >= 15 is 0 Å². The van der Waals surface area contributed by atoms with Crippen LogP contribution in [0.5, 0.6) is 5.75 Å². The lowest BCUT2D eigenvalue weighted by atomic mass is 10.1. The summed E-state index contributed by atoms with van der Waals surface area (Å²) in [5.74, 6) is -0.770. The lowest BCUT2D eigenvalue weighted by Gasteiger charge is -2.33. The second kappa shape index (κ2) is 7.66. The highest BCUT2D eigenvalue weighted by Gasteiger charge is 2.34. The highest BCUT2D eigenvalue weighted by atomic mass is 16.5. The number of carbonyl (C=O) groups excluding carboxylic acids is 2. The van der Waals surface area contributed by atoms with E-state index in [1.807, 2.05) is 6.07 Å². The Bertz CT molecular complexity index is 1410. The number of ether oxygens (including phenoxy) is 1. The molecule has 0 fully saturated rings. The van der Waals surface area contributed by atoms with Gasteiger partial charge in [0.15, 0.2) is 11.8 Å². The molecule has 32 heavy (non-hydrogen) atoms. The molecule has 0 bridgehead atoms. The number of primary amides is 1. The molecule has 2 N–H and O–H groups in total. The summed E-state index contributed by atoms with van der Waals surface area (Å²) in [6.07, 6.45) is -1.000. The standard InChI is InChI=1S/C24H18N4O4/c25-22(29)20-14-27(18-12-6-7-13-19(18)32-20)24(31)21-16-10-4-5-11-17(16)23(30)28(26-21)15-8-2-1-3-9-15/h1-13,20H,14H2,(H2,25,29). The Hall–Kier alpha value is -4.46. The van der Waals surface area contributed by atoms with E-state index in [-0.39, 0.29) is 17.8 Å². The third-order valence-corrected chi connectivity index (χ3v) is 5.34. The SMILES string of the molecule is NC(=O)C1CN(C(=O)c2nn(-c3ccccc3)c(=O)c3ccccc23)c2ccccc2O1. The summed E-state index contributed by atoms with van der Waals surface area (Å²) < 4.78 is 6.88. The predicted octanol–water partition coefficient (Wildman–Crippen LogP) is 2.28. The van der Waals surface area contributed by atoms with Crippen LogP contribution in [0.2, 0.25) is 0 Å². The number of carbonyl (C=O) groups is 2. The number of hydrogen-bond acceptors (Lipinski definition) is 5. The van der Waals surface area contributed by atoms with Crippen LogP contribution < -0.4 is 20.9 Å². The van der Waals surface area contributed by atoms with Gasteiger partial charge in [-0.2, -0.15) is 9.78 Å². The van der Waals surface area contributed by atoms with Crippen LogP contribution in [0.4, 0.5) is 5.69 Å². The zero-order valence-electron chi connectivity index (χ0n) is 16.8. The Kier molecular flexibility index (Phi) is 4.67. The van der Waals surface area contributed by atoms with E-state index in [4.69, 9.17) is 10.5 Å². The van der Waals surface area contributed by atoms with Crippen molar-refractivity contribution in [2.75, 3.05) is 11.4 Å². The highest BCUT2D eigenvalue weighted by molar-refractivity contribution is 6.13. The number of fused-ring (bicyclic) bond motifs is 2. The third-order valence-electron chi connectivity index (χ3n) is 5.34. The van der Waals surface area contributed by atoms with Crippen LogP contribution in [0.3, 0.4) is 0 Å². The van der Waals surface area contributed by atoms with E-state index in [2.05, 4.69) is 5.10 Å². The summed E-state index contributed by atoms with van der Waals surface area (Å²) in [6, 6.07) is 22.6. The average molecular weight is 426 g/mol. The lowest BCUT2D eigenvalue weighted by molar-refractivity contribution is -0.124. The van der Waals surface area contributed by atoms with Gasteiger partial charge in [-0.15, -0.1) is 0 Å². The zero-order valence-corrected chi connectivity index (χ0v) is 16.8. The first-order valence-electron chi connectivity index (χ1n) is 9.99. The average Bonchev–Trinajstić information content (AvgIpc) is 2.84. The van der Waals surface area contributed by atoms with E-state index in [1.165, 1.54) is 9.58 Å². The van der Waals surface area contributed by atoms with Gasteiger partial charge < -0.3 is 10.5 Å². The van der Waals surface area contributed by atoms with Gasteiger partial charge in [0.2, 0.25) is 0 Å². The van der Waals surface area contributed by atoms with Gasteiger partial charge in [-0.3, -0.25) is 19.3 Å². The molecule has 2 heterocycles. The zero-order chi connectivity index (χ0) is 22.2. The Morgan fingerprint density at radius 1 is 0.906 bits per heavy atom. The molecule has 2 amide bonds. The summed E-state index contributed by atoms with van der Waals surface area (Å²) in [6.45, 7) is -0.0638. The molecule has 8 nitrogen and oxygen atoms in total. The van der Waals surface area contributed by atoms with Crippen molar-refractivity contribution < 1.29 is 14.3 Å². The monoisotopic (exact) mass is 426 g/mol. The van der Waals surface area contributed by atoms with Gasteiger partial charge in [0.05, 0.1) is 23.3 Å². The Labute approximate surface area is 182 Å². The molecule has 1 aromatic heterocycles. The number of nitrogens with zero attached hydrogens (tertiary/aromatic N) is 3. The van der Waals surface area contributed by atoms with Gasteiger partial charge in [0.1, 0.15) is 5.75 Å². The van der Waals surface area contributed by atoms with Crippen molar-refractivity contribution in [2.45, 2.75) is 6.10 Å². The second-order valence-electron chi connectivity index (χ2n) is 7.34. The molecule has 3 aromatic carbocycles. The van der Waals surface area contributed by atoms with Crippen molar-refractivity contribution in [1.82, 2.24) is 9.78 Å². The van der Waals surface area contributed by atoms with Gasteiger partial charge >= 0.3 is 0 Å². The number of rotatable bonds is 3. The fourth-order valence-corrected chi connectivity index (χ4v) is 3.79. The smallest absolute Gasteiger partial charge is 0.279 e. The molecule has 0 radical (unpaired) electrons. The van der Waals surface area contributed by atoms with E-state index in [9.17, 15) is 14.4 Å². The summed E-state index contributed by atoms with van der Waals surface area (Å²) in [5, 5.41) is 5.23. The third kappa shape index (κ3) is 3.18. The van der Waals surface area contributed by atoms with Crippen molar-refractivity contribution in [3.8, 4) is 11.4 Å². The molecule has 5 rings (SSSR count). The fourth-order valence-electron chi connectivity index (χ4n) is 3.79. The van der Waals surface area contributed by atoms with Gasteiger partial charge in [-0.05, 0) is 30.3 Å². The number of amides is 2. The van der Waals surface area contributed by atoms with Gasteiger partial charge in [-0.25, -0.2) is 0 Å². The molecule has 158 valence electrons. The van der Waals surface area contributed by atoms with Crippen molar-refractivity contribution in [1.29, 1.82) is 0 Å². The van der Waals surface area contributed by atoms with Crippen LogP contribution in [0.25, 0.3) is 16.5 Å². The normalized spacial score (nSPS) is 15.1. The summed E-state index contributed by atoms with van der Waals surface area (Å²) >= 11 is 0. The minimum atomic E-state index is -1.000. The molecule has 1 aliphatic heterocycles. The van der Waals surface area contributed by atoms with Crippen molar-refractivity contribution >= 4 is 28.3 Å². The molecule has 0 aliphatic carbocycles. The Balaban J connectivity index is 1.71. The maximum atomic E-state index is 13.8. The molecular weight excluding hydrogens is 408 g/mol. The van der Waals surface area contributed by atoms with Gasteiger partial charge in [0, 0.05) is 5.39 Å². The first kappa shape index (κ1) is 19.5. The number of hydrogen-bond donors (Lipinski definition) is 1. The molecule has 8 heteroatoms. The molecule has 1 aliphatic rings. The summed E-state index contributed by atoms with van der Waals surface area (Å²) in [4.78, 5) is 40.2. The van der Waals surface area contributed by atoms with Crippen LogP contribution in [0, 0.1) is 0 Å². The molecule has 0 spiro atoms. The summed E-state index contributed by atoms with van der Waals surface area (Å²) in [5.41, 5.74) is 6.26. The van der Waals surface area contributed by atoms with E-state index in [0.717, 1.165) is 0 Å². The summed E-state index contributed by atoms with van der Waals surface area (Å²) in [7, 11) is 0. The number of anilines is 1. The topological polar surface area (TPSA) is 108 Å². The maximum absolute atomic E-state index is 13.8. The fraction of sp³-hybridized carbons (Fsp3) is 0.0833. The molecule has 4 aromatic rings. The van der Waals surface area contributed by atoms with Gasteiger partial charge in [0.25, 0.3) is 17.4 Å². The number of aromatic nitrogens is 2. The largest absolute Gasteiger partial charge is 0.477 e. The number of nitrogens with two attached hydrogens (primary N) is 1. The minimum absolute atomic E-state index is 0.0638. The number of para-hydroxylation sites is 3. The van der Waals surface area contributed by atoms with Crippen molar-refractivity contribution in [3.05, 3.63) is 94.9 Å². The minimum Gasteiger partial charge on any atom is -0.477 e. The van der Waals surface area contributed by atoms with Crippen LogP contribution in [-0.2, 0) is 4.79 Å². The van der Waals surface area contributed by atoms with Crippen LogP contribution in [0.1, 0.15) is 10.5 Å². The lowest BCUT2D eigenvalue weighted by Crippen LogP contribution is -2.49.